The number of aliphatic carboxylic acids is 1. The van der Waals surface area contributed by atoms with Crippen LogP contribution in [-0.4, -0.2) is 28.6 Å². The minimum Gasteiger partial charge on any atom is -0.481 e. The molecule has 0 radical (unpaired) electrons. The van der Waals surface area contributed by atoms with E-state index in [1.54, 1.807) is 12.1 Å². The van der Waals surface area contributed by atoms with Gasteiger partial charge in [0.2, 0.25) is 0 Å². The summed E-state index contributed by atoms with van der Waals surface area (Å²) in [7, 11) is 0. The van der Waals surface area contributed by atoms with E-state index in [1.165, 1.54) is 6.07 Å². The van der Waals surface area contributed by atoms with Gasteiger partial charge in [0, 0.05) is 23.7 Å². The van der Waals surface area contributed by atoms with Crippen molar-refractivity contribution in [1.82, 2.24) is 0 Å². The molecule has 1 saturated heterocycles. The van der Waals surface area contributed by atoms with Crippen molar-refractivity contribution in [3.63, 3.8) is 0 Å². The second-order valence-electron chi connectivity index (χ2n) is 4.83. The largest absolute Gasteiger partial charge is 0.481 e. The highest BCUT2D eigenvalue weighted by atomic mass is 35.5. The number of piperidine rings is 1. The molecular weight excluding hydrogens is 284 g/mol. The molecule has 1 fully saturated rings. The van der Waals surface area contributed by atoms with Gasteiger partial charge in [-0.2, -0.15) is 0 Å². The van der Waals surface area contributed by atoms with Crippen molar-refractivity contribution in [1.29, 1.82) is 0 Å². The molecule has 0 aliphatic carbocycles. The van der Waals surface area contributed by atoms with Gasteiger partial charge >= 0.3 is 5.97 Å². The van der Waals surface area contributed by atoms with Crippen LogP contribution >= 0.6 is 11.6 Å². The molecular formula is C13H15ClN2O4. The van der Waals surface area contributed by atoms with E-state index in [9.17, 15) is 14.9 Å². The van der Waals surface area contributed by atoms with E-state index in [0.29, 0.717) is 17.3 Å². The molecule has 1 heterocycles. The van der Waals surface area contributed by atoms with Crippen molar-refractivity contribution in [2.75, 3.05) is 11.4 Å². The molecule has 6 nitrogen and oxygen atoms in total. The predicted octanol–water partition coefficient (Wildman–Crippen LogP) is 3.08. The summed E-state index contributed by atoms with van der Waals surface area (Å²) >= 11 is 5.80. The molecule has 1 aromatic carbocycles. The molecule has 2 rings (SSSR count). The van der Waals surface area contributed by atoms with Crippen LogP contribution < -0.4 is 4.90 Å². The molecule has 1 aromatic rings. The van der Waals surface area contributed by atoms with Crippen molar-refractivity contribution in [3.05, 3.63) is 33.3 Å². The number of carboxylic acids is 1. The monoisotopic (exact) mass is 298 g/mol. The molecule has 7 heteroatoms. The number of anilines is 1. The fraction of sp³-hybridized carbons (Fsp3) is 0.462. The number of hydrogen-bond acceptors (Lipinski definition) is 4. The summed E-state index contributed by atoms with van der Waals surface area (Å²) in [5.41, 5.74) is 0.375. The van der Waals surface area contributed by atoms with Gasteiger partial charge in [-0.3, -0.25) is 14.9 Å². The van der Waals surface area contributed by atoms with Crippen LogP contribution in [0.15, 0.2) is 18.2 Å². The first kappa shape index (κ1) is 14.6. The van der Waals surface area contributed by atoms with Gasteiger partial charge in [0.1, 0.15) is 5.69 Å². The molecule has 1 atom stereocenters. The van der Waals surface area contributed by atoms with Gasteiger partial charge in [-0.1, -0.05) is 11.6 Å². The zero-order chi connectivity index (χ0) is 14.7. The molecule has 1 unspecified atom stereocenters. The van der Waals surface area contributed by atoms with Crippen molar-refractivity contribution >= 4 is 28.9 Å². The lowest BCUT2D eigenvalue weighted by Crippen LogP contribution is -2.41. The molecule has 0 spiro atoms. The normalized spacial score (nSPS) is 18.9. The van der Waals surface area contributed by atoms with Crippen LogP contribution in [0, 0.1) is 10.1 Å². The maximum Gasteiger partial charge on any atom is 0.305 e. The maximum atomic E-state index is 11.1. The molecule has 20 heavy (non-hydrogen) atoms. The van der Waals surface area contributed by atoms with E-state index in [4.69, 9.17) is 16.7 Å². The molecule has 1 aliphatic heterocycles. The highest BCUT2D eigenvalue weighted by Gasteiger charge is 2.29. The molecule has 1 aliphatic rings. The van der Waals surface area contributed by atoms with Crippen LogP contribution in [-0.2, 0) is 4.79 Å². The Labute approximate surface area is 121 Å². The van der Waals surface area contributed by atoms with Crippen LogP contribution in [0.3, 0.4) is 0 Å². The van der Waals surface area contributed by atoms with Crippen molar-refractivity contribution < 1.29 is 14.8 Å². The highest BCUT2D eigenvalue weighted by Crippen LogP contribution is 2.35. The number of benzene rings is 1. The summed E-state index contributed by atoms with van der Waals surface area (Å²) in [5, 5.41) is 20.4. The third kappa shape index (κ3) is 3.19. The first-order valence-corrected chi connectivity index (χ1v) is 6.79. The number of nitrogens with zero attached hydrogens (tertiary/aromatic N) is 2. The molecule has 0 aromatic heterocycles. The molecule has 108 valence electrons. The Morgan fingerprint density at radius 3 is 2.90 bits per heavy atom. The number of carbonyl (C=O) groups is 1. The third-order valence-electron chi connectivity index (χ3n) is 3.48. The Balaban J connectivity index is 2.36. The van der Waals surface area contributed by atoms with Crippen molar-refractivity contribution in [2.45, 2.75) is 31.7 Å². The number of carboxylic acid groups (broad SMARTS) is 1. The topological polar surface area (TPSA) is 83.7 Å². The molecule has 1 N–H and O–H groups in total. The van der Waals surface area contributed by atoms with Crippen LogP contribution in [0.2, 0.25) is 5.02 Å². The minimum absolute atomic E-state index is 0.0141. The van der Waals surface area contributed by atoms with Gasteiger partial charge in [-0.05, 0) is 31.4 Å². The minimum atomic E-state index is -0.890. The Kier molecular flexibility index (Phi) is 4.44. The highest BCUT2D eigenvalue weighted by molar-refractivity contribution is 6.30. The number of nitro benzene ring substituents is 1. The summed E-state index contributed by atoms with van der Waals surface area (Å²) in [5.74, 6) is -0.890. The SMILES string of the molecule is O=C(O)CC1CCCCN1c1ccc(Cl)cc1[N+](=O)[O-]. The third-order valence-corrected chi connectivity index (χ3v) is 3.72. The van der Waals surface area contributed by atoms with Crippen LogP contribution in [0.5, 0.6) is 0 Å². The van der Waals surface area contributed by atoms with Gasteiger partial charge in [-0.15, -0.1) is 0 Å². The van der Waals surface area contributed by atoms with Crippen LogP contribution in [0.25, 0.3) is 0 Å². The lowest BCUT2D eigenvalue weighted by molar-refractivity contribution is -0.384. The van der Waals surface area contributed by atoms with E-state index in [1.807, 2.05) is 4.90 Å². The second-order valence-corrected chi connectivity index (χ2v) is 5.27. The zero-order valence-electron chi connectivity index (χ0n) is 10.8. The average molecular weight is 299 g/mol. The Morgan fingerprint density at radius 1 is 1.50 bits per heavy atom. The summed E-state index contributed by atoms with van der Waals surface area (Å²) in [6.07, 6.45) is 2.55. The lowest BCUT2D eigenvalue weighted by atomic mass is 9.98. The van der Waals surface area contributed by atoms with E-state index >= 15 is 0 Å². The van der Waals surface area contributed by atoms with Crippen molar-refractivity contribution in [3.8, 4) is 0 Å². The summed E-state index contributed by atoms with van der Waals surface area (Å²) in [4.78, 5) is 23.4. The van der Waals surface area contributed by atoms with E-state index in [2.05, 4.69) is 0 Å². The first-order valence-electron chi connectivity index (χ1n) is 6.41. The van der Waals surface area contributed by atoms with E-state index in [-0.39, 0.29) is 18.2 Å². The molecule has 0 bridgehead atoms. The number of rotatable bonds is 4. The lowest BCUT2D eigenvalue weighted by Gasteiger charge is -2.36. The Bertz CT molecular complexity index is 535. The number of nitro groups is 1. The van der Waals surface area contributed by atoms with Gasteiger partial charge < -0.3 is 10.0 Å². The predicted molar refractivity (Wildman–Crippen MR) is 75.3 cm³/mol. The smallest absolute Gasteiger partial charge is 0.305 e. The summed E-state index contributed by atoms with van der Waals surface area (Å²) < 4.78 is 0. The van der Waals surface area contributed by atoms with Crippen molar-refractivity contribution in [2.24, 2.45) is 0 Å². The second kappa shape index (κ2) is 6.09. The molecule has 0 saturated carbocycles. The average Bonchev–Trinajstić information content (AvgIpc) is 2.39. The zero-order valence-corrected chi connectivity index (χ0v) is 11.5. The van der Waals surface area contributed by atoms with E-state index < -0.39 is 10.9 Å². The summed E-state index contributed by atoms with van der Waals surface area (Å²) in [6, 6.07) is 4.29. The summed E-state index contributed by atoms with van der Waals surface area (Å²) in [6.45, 7) is 0.625. The van der Waals surface area contributed by atoms with Gasteiger partial charge in [0.15, 0.2) is 0 Å². The fourth-order valence-electron chi connectivity index (χ4n) is 2.62. The van der Waals surface area contributed by atoms with Gasteiger partial charge in [-0.25, -0.2) is 0 Å². The molecule has 0 amide bonds. The quantitative estimate of drug-likeness (QED) is 0.682. The first-order chi connectivity index (χ1) is 9.49. The van der Waals surface area contributed by atoms with Crippen LogP contribution in [0.1, 0.15) is 25.7 Å². The van der Waals surface area contributed by atoms with Crippen LogP contribution in [0.4, 0.5) is 11.4 Å². The Morgan fingerprint density at radius 2 is 2.25 bits per heavy atom. The Hall–Kier alpha value is -1.82. The number of hydrogen-bond donors (Lipinski definition) is 1. The van der Waals surface area contributed by atoms with E-state index in [0.717, 1.165) is 19.3 Å². The standard InChI is InChI=1S/C13H15ClN2O4/c14-9-4-5-11(12(7-9)16(19)20)15-6-2-1-3-10(15)8-13(17)18/h4-5,7,10H,1-3,6,8H2,(H,17,18). The fourth-order valence-corrected chi connectivity index (χ4v) is 2.78. The van der Waals surface area contributed by atoms with Gasteiger partial charge in [0.25, 0.3) is 5.69 Å². The number of halogens is 1. The van der Waals surface area contributed by atoms with Gasteiger partial charge in [0.05, 0.1) is 11.3 Å². The maximum absolute atomic E-state index is 11.1.